The minimum atomic E-state index is 0.471. The standard InChI is InChI=1S/C27H40N6/c1-32-15-8-9-27(32)25-18-22(19-29)24(31-25)12-10-21-11-13-26-23(17-21)20-30-33(26)16-7-5-3-2-4-6-14-28/h11-13,17-20,27,31H,2-10,14-16,28-29H2,1H3/b22-19-,24-12+. The lowest BCUT2D eigenvalue weighted by molar-refractivity contribution is 0.312. The van der Waals surface area contributed by atoms with Gasteiger partial charge in [-0.1, -0.05) is 37.8 Å². The fourth-order valence-corrected chi connectivity index (χ4v) is 5.07. The van der Waals surface area contributed by atoms with Gasteiger partial charge >= 0.3 is 0 Å². The molecule has 178 valence electrons. The highest BCUT2D eigenvalue weighted by Gasteiger charge is 2.23. The van der Waals surface area contributed by atoms with Crippen molar-refractivity contribution >= 4 is 23.2 Å². The molecular formula is C27H40N6. The molecule has 6 heteroatoms. The predicted molar refractivity (Wildman–Crippen MR) is 138 cm³/mol. The molecule has 0 spiro atoms. The summed E-state index contributed by atoms with van der Waals surface area (Å²) in [5.74, 6) is 0. The smallest absolute Gasteiger partial charge is 0.0682 e. The van der Waals surface area contributed by atoms with Crippen molar-refractivity contribution in [2.45, 2.75) is 70.4 Å². The van der Waals surface area contributed by atoms with E-state index in [2.05, 4.69) is 57.1 Å². The van der Waals surface area contributed by atoms with Gasteiger partial charge in [-0.15, -0.1) is 0 Å². The van der Waals surface area contributed by atoms with E-state index in [1.165, 1.54) is 67.1 Å². The number of hydrogen-bond acceptors (Lipinski definition) is 4. The molecule has 5 N–H and O–H groups in total. The Hall–Kier alpha value is -2.57. The number of H-pyrrole nitrogens is 1. The number of aromatic nitrogens is 3. The summed E-state index contributed by atoms with van der Waals surface area (Å²) < 4.78 is 2.15. The average Bonchev–Trinajstić information content (AvgIpc) is 3.54. The Balaban J connectivity index is 1.39. The Morgan fingerprint density at radius 3 is 2.70 bits per heavy atom. The molecule has 0 amide bonds. The first-order valence-corrected chi connectivity index (χ1v) is 12.7. The number of rotatable bonds is 11. The maximum absolute atomic E-state index is 5.93. The van der Waals surface area contributed by atoms with Crippen LogP contribution < -0.4 is 22.0 Å². The largest absolute Gasteiger partial charge is 0.404 e. The van der Waals surface area contributed by atoms with Crippen LogP contribution in [-0.2, 0) is 13.0 Å². The molecule has 0 bridgehead atoms. The Bertz CT molecular complexity index is 1140. The molecule has 0 aliphatic carbocycles. The molecule has 4 rings (SSSR count). The van der Waals surface area contributed by atoms with E-state index in [9.17, 15) is 0 Å². The number of unbranched alkanes of at least 4 members (excludes halogenated alkanes) is 5. The van der Waals surface area contributed by atoms with Crippen LogP contribution in [0, 0.1) is 0 Å². The van der Waals surface area contributed by atoms with Crippen molar-refractivity contribution in [1.29, 1.82) is 0 Å². The molecule has 33 heavy (non-hydrogen) atoms. The number of aryl methyl sites for hydroxylation is 1. The molecule has 1 fully saturated rings. The SMILES string of the molecule is CN1CCCC1c1cc(=C/N)/c(=C\Cc2ccc3c(cnn3CCCCCCCCN)c2)[nH]1. The third kappa shape index (κ3) is 5.87. The number of hydrogen-bond donors (Lipinski definition) is 3. The van der Waals surface area contributed by atoms with E-state index < -0.39 is 0 Å². The molecule has 1 aliphatic heterocycles. The molecule has 1 aromatic carbocycles. The first-order chi connectivity index (χ1) is 16.2. The van der Waals surface area contributed by atoms with E-state index in [0.29, 0.717) is 6.04 Å². The second kappa shape index (κ2) is 11.5. The van der Waals surface area contributed by atoms with E-state index in [-0.39, 0.29) is 0 Å². The molecule has 1 unspecified atom stereocenters. The second-order valence-corrected chi connectivity index (χ2v) is 9.48. The third-order valence-corrected chi connectivity index (χ3v) is 7.03. The average molecular weight is 449 g/mol. The highest BCUT2D eigenvalue weighted by Crippen LogP contribution is 2.27. The van der Waals surface area contributed by atoms with Gasteiger partial charge in [0, 0.05) is 40.4 Å². The van der Waals surface area contributed by atoms with Crippen LogP contribution in [0.15, 0.2) is 30.5 Å². The van der Waals surface area contributed by atoms with Crippen LogP contribution in [0.1, 0.15) is 68.7 Å². The normalized spacial score (nSPS) is 18.2. The summed E-state index contributed by atoms with van der Waals surface area (Å²) in [7, 11) is 2.20. The highest BCUT2D eigenvalue weighted by molar-refractivity contribution is 5.79. The summed E-state index contributed by atoms with van der Waals surface area (Å²) in [6.45, 7) is 2.96. The molecular weight excluding hydrogens is 408 g/mol. The van der Waals surface area contributed by atoms with E-state index in [4.69, 9.17) is 11.5 Å². The van der Waals surface area contributed by atoms with Gasteiger partial charge in [0.25, 0.3) is 0 Å². The first-order valence-electron chi connectivity index (χ1n) is 12.7. The maximum Gasteiger partial charge on any atom is 0.0682 e. The summed E-state index contributed by atoms with van der Waals surface area (Å²) in [4.78, 5) is 6.05. The zero-order valence-corrected chi connectivity index (χ0v) is 20.1. The van der Waals surface area contributed by atoms with E-state index >= 15 is 0 Å². The van der Waals surface area contributed by atoms with E-state index in [1.807, 2.05) is 6.20 Å². The molecule has 1 aliphatic rings. The monoisotopic (exact) mass is 448 g/mol. The summed E-state index contributed by atoms with van der Waals surface area (Å²) in [6, 6.07) is 9.39. The second-order valence-electron chi connectivity index (χ2n) is 9.48. The zero-order chi connectivity index (χ0) is 23.0. The summed E-state index contributed by atoms with van der Waals surface area (Å²) in [5, 5.41) is 8.06. The number of likely N-dealkylation sites (tertiary alicyclic amines) is 1. The minimum absolute atomic E-state index is 0.471. The zero-order valence-electron chi connectivity index (χ0n) is 20.1. The topological polar surface area (TPSA) is 88.9 Å². The summed E-state index contributed by atoms with van der Waals surface area (Å²) in [5.41, 5.74) is 15.3. The van der Waals surface area contributed by atoms with Crippen LogP contribution in [0.5, 0.6) is 0 Å². The van der Waals surface area contributed by atoms with Crippen molar-refractivity contribution in [3.63, 3.8) is 0 Å². The van der Waals surface area contributed by atoms with Gasteiger partial charge in [0.2, 0.25) is 0 Å². The van der Waals surface area contributed by atoms with E-state index in [0.717, 1.165) is 43.0 Å². The minimum Gasteiger partial charge on any atom is -0.404 e. The van der Waals surface area contributed by atoms with Crippen LogP contribution in [0.3, 0.4) is 0 Å². The Morgan fingerprint density at radius 1 is 1.12 bits per heavy atom. The van der Waals surface area contributed by atoms with Crippen LogP contribution >= 0.6 is 0 Å². The molecule has 3 aromatic rings. The van der Waals surface area contributed by atoms with Gasteiger partial charge in [-0.3, -0.25) is 9.58 Å². The van der Waals surface area contributed by atoms with Crippen molar-refractivity contribution in [1.82, 2.24) is 19.7 Å². The number of fused-ring (bicyclic) bond motifs is 1. The molecule has 6 nitrogen and oxygen atoms in total. The van der Waals surface area contributed by atoms with Crippen LogP contribution in [0.4, 0.5) is 0 Å². The molecule has 1 saturated heterocycles. The summed E-state index contributed by atoms with van der Waals surface area (Å²) >= 11 is 0. The fraction of sp³-hybridized carbons (Fsp3) is 0.519. The third-order valence-electron chi connectivity index (χ3n) is 7.03. The van der Waals surface area contributed by atoms with Gasteiger partial charge in [0.15, 0.2) is 0 Å². The van der Waals surface area contributed by atoms with E-state index in [1.54, 1.807) is 6.20 Å². The highest BCUT2D eigenvalue weighted by atomic mass is 15.3. The number of nitrogens with zero attached hydrogens (tertiary/aromatic N) is 3. The van der Waals surface area contributed by atoms with Crippen molar-refractivity contribution in [2.24, 2.45) is 11.5 Å². The van der Waals surface area contributed by atoms with Crippen molar-refractivity contribution in [2.75, 3.05) is 20.1 Å². The van der Waals surface area contributed by atoms with Crippen molar-refractivity contribution in [3.8, 4) is 0 Å². The Morgan fingerprint density at radius 2 is 1.94 bits per heavy atom. The molecule has 0 saturated carbocycles. The van der Waals surface area contributed by atoms with Gasteiger partial charge in [0.05, 0.1) is 11.7 Å². The molecule has 2 aromatic heterocycles. The number of aromatic amines is 1. The molecule has 3 heterocycles. The lowest BCUT2D eigenvalue weighted by Gasteiger charge is -2.17. The van der Waals surface area contributed by atoms with Crippen LogP contribution in [0.2, 0.25) is 0 Å². The van der Waals surface area contributed by atoms with Gasteiger partial charge in [0.1, 0.15) is 0 Å². The first kappa shape index (κ1) is 23.6. The molecule has 1 atom stereocenters. The van der Waals surface area contributed by atoms with Crippen molar-refractivity contribution < 1.29 is 0 Å². The summed E-state index contributed by atoms with van der Waals surface area (Å²) in [6.07, 6.45) is 16.7. The van der Waals surface area contributed by atoms with Gasteiger partial charge in [-0.25, -0.2) is 0 Å². The molecule has 0 radical (unpaired) electrons. The van der Waals surface area contributed by atoms with Gasteiger partial charge < -0.3 is 16.5 Å². The number of benzene rings is 1. The number of nitrogens with two attached hydrogens (primary N) is 2. The fourth-order valence-electron chi connectivity index (χ4n) is 5.07. The lowest BCUT2D eigenvalue weighted by atomic mass is 10.1. The predicted octanol–water partition coefficient (Wildman–Crippen LogP) is 3.15. The van der Waals surface area contributed by atoms with Crippen LogP contribution in [-0.4, -0.2) is 39.8 Å². The lowest BCUT2D eigenvalue weighted by Crippen LogP contribution is -2.24. The van der Waals surface area contributed by atoms with Crippen LogP contribution in [0.25, 0.3) is 23.2 Å². The van der Waals surface area contributed by atoms with Crippen molar-refractivity contribution in [3.05, 3.63) is 52.3 Å². The Kier molecular flexibility index (Phi) is 8.24. The number of nitrogens with one attached hydrogen (secondary N) is 1. The van der Waals surface area contributed by atoms with Gasteiger partial charge in [-0.05, 0) is 76.0 Å². The quantitative estimate of drug-likeness (QED) is 0.393. The maximum atomic E-state index is 5.93. The van der Waals surface area contributed by atoms with Gasteiger partial charge in [-0.2, -0.15) is 5.10 Å². The Labute approximate surface area is 197 Å².